The first-order valence-electron chi connectivity index (χ1n) is 11.1. The maximum atomic E-state index is 12.7. The number of anilines is 1. The van der Waals surface area contributed by atoms with Crippen LogP contribution in [0.25, 0.3) is 22.3 Å². The summed E-state index contributed by atoms with van der Waals surface area (Å²) in [6.45, 7) is 2.72. The van der Waals surface area contributed by atoms with Crippen LogP contribution in [-0.2, 0) is 9.53 Å². The molecule has 1 aliphatic heterocycles. The largest absolute Gasteiger partial charge is 0.468 e. The lowest BCUT2D eigenvalue weighted by atomic mass is 10.0. The van der Waals surface area contributed by atoms with Crippen LogP contribution in [0.2, 0.25) is 5.02 Å². The molecule has 0 amide bonds. The van der Waals surface area contributed by atoms with Gasteiger partial charge in [-0.25, -0.2) is 14.8 Å². The van der Waals surface area contributed by atoms with Gasteiger partial charge in [0.25, 0.3) is 0 Å². The van der Waals surface area contributed by atoms with Gasteiger partial charge in [-0.2, -0.15) is 0 Å². The van der Waals surface area contributed by atoms with Crippen molar-refractivity contribution in [2.45, 2.75) is 6.04 Å². The summed E-state index contributed by atoms with van der Waals surface area (Å²) >= 11 is 6.44. The molecule has 1 unspecified atom stereocenters. The van der Waals surface area contributed by atoms with Crippen LogP contribution < -0.4 is 4.90 Å². The van der Waals surface area contributed by atoms with Gasteiger partial charge in [0, 0.05) is 54.5 Å². The summed E-state index contributed by atoms with van der Waals surface area (Å²) in [6, 6.07) is 18.8. The highest BCUT2D eigenvalue weighted by Crippen LogP contribution is 2.32. The topological polar surface area (TPSA) is 71.5 Å². The number of fused-ring (bicyclic) bond motifs is 1. The molecule has 4 aromatic rings. The van der Waals surface area contributed by atoms with E-state index in [0.717, 1.165) is 27.8 Å². The monoisotopic (exact) mass is 473 g/mol. The van der Waals surface area contributed by atoms with Gasteiger partial charge in [0.1, 0.15) is 11.9 Å². The number of piperazine rings is 1. The van der Waals surface area contributed by atoms with Crippen molar-refractivity contribution in [2.24, 2.45) is 0 Å². The summed E-state index contributed by atoms with van der Waals surface area (Å²) in [6.07, 6.45) is 3.51. The Bertz CT molecular complexity index is 1310. The Balaban J connectivity index is 1.45. The van der Waals surface area contributed by atoms with Crippen LogP contribution in [0.1, 0.15) is 11.6 Å². The second-order valence-corrected chi connectivity index (χ2v) is 8.51. The second kappa shape index (κ2) is 9.75. The number of carbonyl (C=O) groups excluding carboxylic acids is 1. The molecule has 8 heteroatoms. The first-order chi connectivity index (χ1) is 16.7. The van der Waals surface area contributed by atoms with Crippen molar-refractivity contribution in [3.8, 4) is 11.4 Å². The molecule has 5 rings (SSSR count). The van der Waals surface area contributed by atoms with Gasteiger partial charge >= 0.3 is 5.97 Å². The van der Waals surface area contributed by atoms with Crippen LogP contribution in [0.3, 0.4) is 0 Å². The zero-order chi connectivity index (χ0) is 23.5. The molecule has 0 N–H and O–H groups in total. The maximum absolute atomic E-state index is 12.7. The molecule has 3 heterocycles. The van der Waals surface area contributed by atoms with Gasteiger partial charge in [-0.05, 0) is 35.9 Å². The van der Waals surface area contributed by atoms with Crippen molar-refractivity contribution in [3.63, 3.8) is 0 Å². The molecule has 0 radical (unpaired) electrons. The van der Waals surface area contributed by atoms with Crippen molar-refractivity contribution in [1.29, 1.82) is 0 Å². The SMILES string of the molecule is COC(=O)C(c1ccccc1Cl)N1CCN(c2nc(-c3cccnc3)nc3ccccc23)CC1. The van der Waals surface area contributed by atoms with E-state index in [4.69, 9.17) is 26.3 Å². The van der Waals surface area contributed by atoms with Gasteiger partial charge in [-0.3, -0.25) is 9.88 Å². The molecule has 0 bridgehead atoms. The van der Waals surface area contributed by atoms with Crippen LogP contribution in [0, 0.1) is 0 Å². The molecule has 2 aromatic heterocycles. The lowest BCUT2D eigenvalue weighted by molar-refractivity contribution is -0.147. The van der Waals surface area contributed by atoms with E-state index in [1.807, 2.05) is 54.6 Å². The number of carbonyl (C=O) groups is 1. The third-order valence-corrected chi connectivity index (χ3v) is 6.45. The number of pyridine rings is 1. The Morgan fingerprint density at radius 2 is 1.74 bits per heavy atom. The molecule has 2 aromatic carbocycles. The Morgan fingerprint density at radius 1 is 0.971 bits per heavy atom. The van der Waals surface area contributed by atoms with E-state index in [9.17, 15) is 4.79 Å². The molecule has 172 valence electrons. The minimum absolute atomic E-state index is 0.312. The quantitative estimate of drug-likeness (QED) is 0.398. The standard InChI is InChI=1S/C26H24ClN5O2/c1-34-26(33)23(19-8-2-4-10-21(19)27)31-13-15-32(16-14-31)25-20-9-3-5-11-22(20)29-24(30-25)18-7-6-12-28-17-18/h2-12,17,23H,13-16H2,1H3. The number of ether oxygens (including phenoxy) is 1. The van der Waals surface area contributed by atoms with Crippen molar-refractivity contribution in [2.75, 3.05) is 38.2 Å². The summed E-state index contributed by atoms with van der Waals surface area (Å²) in [5.74, 6) is 1.22. The van der Waals surface area contributed by atoms with E-state index in [1.165, 1.54) is 7.11 Å². The van der Waals surface area contributed by atoms with Gasteiger partial charge in [0.15, 0.2) is 5.82 Å². The fourth-order valence-corrected chi connectivity index (χ4v) is 4.64. The van der Waals surface area contributed by atoms with Gasteiger partial charge in [0.2, 0.25) is 0 Å². The minimum atomic E-state index is -0.547. The summed E-state index contributed by atoms with van der Waals surface area (Å²) in [5.41, 5.74) is 2.52. The number of rotatable bonds is 5. The summed E-state index contributed by atoms with van der Waals surface area (Å²) in [7, 11) is 1.41. The van der Waals surface area contributed by atoms with Crippen molar-refractivity contribution >= 4 is 34.3 Å². The van der Waals surface area contributed by atoms with E-state index in [1.54, 1.807) is 18.5 Å². The molecule has 7 nitrogen and oxygen atoms in total. The molecule has 1 atom stereocenters. The molecule has 1 fully saturated rings. The molecule has 0 aliphatic carbocycles. The highest BCUT2D eigenvalue weighted by atomic mass is 35.5. The number of nitrogens with zero attached hydrogens (tertiary/aromatic N) is 5. The number of esters is 1. The molecule has 0 spiro atoms. The Hall–Kier alpha value is -3.55. The number of aromatic nitrogens is 3. The van der Waals surface area contributed by atoms with Crippen molar-refractivity contribution in [3.05, 3.63) is 83.6 Å². The average molecular weight is 474 g/mol. The normalized spacial score (nSPS) is 15.3. The Kier molecular flexibility index (Phi) is 6.38. The predicted molar refractivity (Wildman–Crippen MR) is 133 cm³/mol. The summed E-state index contributed by atoms with van der Waals surface area (Å²) in [4.78, 5) is 31.0. The molecular weight excluding hydrogens is 450 g/mol. The Morgan fingerprint density at radius 3 is 2.47 bits per heavy atom. The van der Waals surface area contributed by atoms with Crippen LogP contribution >= 0.6 is 11.6 Å². The number of hydrogen-bond donors (Lipinski definition) is 0. The molecule has 1 aliphatic rings. The first kappa shape index (κ1) is 22.3. The van der Waals surface area contributed by atoms with Gasteiger partial charge < -0.3 is 9.64 Å². The lowest BCUT2D eigenvalue weighted by Gasteiger charge is -2.39. The van der Waals surface area contributed by atoms with Crippen molar-refractivity contribution < 1.29 is 9.53 Å². The van der Waals surface area contributed by atoms with Gasteiger partial charge in [-0.15, -0.1) is 0 Å². The molecular formula is C26H24ClN5O2. The van der Waals surface area contributed by atoms with E-state index in [0.29, 0.717) is 37.0 Å². The lowest BCUT2D eigenvalue weighted by Crippen LogP contribution is -2.49. The number of halogens is 1. The predicted octanol–water partition coefficient (Wildman–Crippen LogP) is 4.38. The van der Waals surface area contributed by atoms with Crippen LogP contribution in [0.4, 0.5) is 5.82 Å². The summed E-state index contributed by atoms with van der Waals surface area (Å²) in [5, 5.41) is 1.56. The third-order valence-electron chi connectivity index (χ3n) is 6.11. The Labute approximate surface area is 203 Å². The second-order valence-electron chi connectivity index (χ2n) is 8.10. The van der Waals surface area contributed by atoms with Crippen LogP contribution in [-0.4, -0.2) is 59.1 Å². The maximum Gasteiger partial charge on any atom is 0.327 e. The highest BCUT2D eigenvalue weighted by molar-refractivity contribution is 6.31. The van der Waals surface area contributed by atoms with E-state index >= 15 is 0 Å². The van der Waals surface area contributed by atoms with E-state index in [2.05, 4.69) is 14.8 Å². The smallest absolute Gasteiger partial charge is 0.327 e. The number of methoxy groups -OCH3 is 1. The number of para-hydroxylation sites is 1. The van der Waals surface area contributed by atoms with E-state index in [-0.39, 0.29) is 5.97 Å². The van der Waals surface area contributed by atoms with E-state index < -0.39 is 6.04 Å². The average Bonchev–Trinajstić information content (AvgIpc) is 2.90. The van der Waals surface area contributed by atoms with Crippen LogP contribution in [0.15, 0.2) is 73.1 Å². The fourth-order valence-electron chi connectivity index (χ4n) is 4.40. The first-order valence-corrected chi connectivity index (χ1v) is 11.5. The zero-order valence-electron chi connectivity index (χ0n) is 18.8. The number of hydrogen-bond acceptors (Lipinski definition) is 7. The summed E-state index contributed by atoms with van der Waals surface area (Å²) < 4.78 is 5.13. The van der Waals surface area contributed by atoms with Crippen molar-refractivity contribution in [1.82, 2.24) is 19.9 Å². The number of benzene rings is 2. The molecule has 34 heavy (non-hydrogen) atoms. The zero-order valence-corrected chi connectivity index (χ0v) is 19.5. The fraction of sp³-hybridized carbons (Fsp3) is 0.231. The third kappa shape index (κ3) is 4.32. The highest BCUT2D eigenvalue weighted by Gasteiger charge is 2.33. The van der Waals surface area contributed by atoms with Gasteiger partial charge in [0.05, 0.1) is 12.6 Å². The van der Waals surface area contributed by atoms with Crippen LogP contribution in [0.5, 0.6) is 0 Å². The molecule has 1 saturated heterocycles. The molecule has 0 saturated carbocycles. The minimum Gasteiger partial charge on any atom is -0.468 e. The van der Waals surface area contributed by atoms with Gasteiger partial charge in [-0.1, -0.05) is 41.9 Å².